The van der Waals surface area contributed by atoms with E-state index in [9.17, 15) is 9.59 Å². The summed E-state index contributed by atoms with van der Waals surface area (Å²) in [6.45, 7) is 0. The zero-order valence-corrected chi connectivity index (χ0v) is 17.2. The van der Waals surface area contributed by atoms with Crippen LogP contribution in [0.3, 0.4) is 0 Å². The molecule has 1 aromatic carbocycles. The second-order valence-corrected chi connectivity index (χ2v) is 8.90. The Labute approximate surface area is 174 Å². The fourth-order valence-corrected chi connectivity index (χ4v) is 5.10. The standard InChI is InChI=1S/C20H17N3O2S3/c24-17(13-26-12-15-11-18(25)23-8-10-28-20(23)21-15)22-19(16-7-4-9-27-16)14-5-2-1-3-6-14/h1-11,19H,12-13H2,(H,22,24). The molecular formula is C20H17N3O2S3. The molecule has 0 aliphatic carbocycles. The van der Waals surface area contributed by atoms with Gasteiger partial charge < -0.3 is 5.32 Å². The highest BCUT2D eigenvalue weighted by atomic mass is 32.2. The minimum Gasteiger partial charge on any atom is -0.344 e. The Balaban J connectivity index is 1.39. The molecular weight excluding hydrogens is 410 g/mol. The summed E-state index contributed by atoms with van der Waals surface area (Å²) in [6, 6.07) is 15.3. The van der Waals surface area contributed by atoms with Crippen LogP contribution in [0.25, 0.3) is 4.96 Å². The summed E-state index contributed by atoms with van der Waals surface area (Å²) in [6.07, 6.45) is 1.72. The van der Waals surface area contributed by atoms with Crippen molar-refractivity contribution in [3.63, 3.8) is 0 Å². The maximum absolute atomic E-state index is 12.5. The number of benzene rings is 1. The van der Waals surface area contributed by atoms with Crippen molar-refractivity contribution in [2.45, 2.75) is 11.8 Å². The van der Waals surface area contributed by atoms with Crippen LogP contribution >= 0.6 is 34.4 Å². The molecule has 1 amide bonds. The van der Waals surface area contributed by atoms with E-state index >= 15 is 0 Å². The number of thioether (sulfide) groups is 1. The Kier molecular flexibility index (Phi) is 5.90. The predicted octanol–water partition coefficient (Wildman–Crippen LogP) is 3.96. The number of thiazole rings is 1. The number of carbonyl (C=O) groups is 1. The van der Waals surface area contributed by atoms with Crippen LogP contribution in [0, 0.1) is 0 Å². The molecule has 1 unspecified atom stereocenters. The van der Waals surface area contributed by atoms with Gasteiger partial charge in [-0.1, -0.05) is 36.4 Å². The highest BCUT2D eigenvalue weighted by Crippen LogP contribution is 2.26. The molecule has 0 bridgehead atoms. The molecule has 0 fully saturated rings. The molecule has 0 aliphatic rings. The van der Waals surface area contributed by atoms with E-state index in [4.69, 9.17) is 0 Å². The number of amides is 1. The Morgan fingerprint density at radius 2 is 2.00 bits per heavy atom. The van der Waals surface area contributed by atoms with Crippen molar-refractivity contribution < 1.29 is 4.79 Å². The highest BCUT2D eigenvalue weighted by Gasteiger charge is 2.17. The summed E-state index contributed by atoms with van der Waals surface area (Å²) in [4.78, 5) is 30.8. The summed E-state index contributed by atoms with van der Waals surface area (Å²) >= 11 is 4.50. The SMILES string of the molecule is O=C(CSCc1cc(=O)n2ccsc2n1)NC(c1ccccc1)c1cccs1. The molecule has 8 heteroatoms. The Hall–Kier alpha value is -2.42. The van der Waals surface area contributed by atoms with E-state index < -0.39 is 0 Å². The maximum atomic E-state index is 12.5. The number of hydrogen-bond donors (Lipinski definition) is 1. The first kappa shape index (κ1) is 18.9. The Bertz CT molecular complexity index is 1120. The average Bonchev–Trinajstić information content (AvgIpc) is 3.39. The zero-order valence-electron chi connectivity index (χ0n) is 14.8. The number of aromatic nitrogens is 2. The van der Waals surface area contributed by atoms with E-state index in [2.05, 4.69) is 10.3 Å². The van der Waals surface area contributed by atoms with Crippen LogP contribution in [0.4, 0.5) is 0 Å². The minimum atomic E-state index is -0.153. The number of carbonyl (C=O) groups excluding carboxylic acids is 1. The smallest absolute Gasteiger partial charge is 0.258 e. The van der Waals surface area contributed by atoms with E-state index in [-0.39, 0.29) is 17.5 Å². The summed E-state index contributed by atoms with van der Waals surface area (Å²) in [7, 11) is 0. The monoisotopic (exact) mass is 427 g/mol. The lowest BCUT2D eigenvalue weighted by molar-refractivity contribution is -0.119. The van der Waals surface area contributed by atoms with Gasteiger partial charge in [0.15, 0.2) is 4.96 Å². The van der Waals surface area contributed by atoms with E-state index in [1.807, 2.05) is 53.2 Å². The third-order valence-corrected chi connectivity index (χ3v) is 6.77. The van der Waals surface area contributed by atoms with Crippen molar-refractivity contribution >= 4 is 45.3 Å². The van der Waals surface area contributed by atoms with E-state index in [0.29, 0.717) is 22.2 Å². The van der Waals surface area contributed by atoms with Crippen LogP contribution in [0.5, 0.6) is 0 Å². The normalized spacial score (nSPS) is 12.1. The van der Waals surface area contributed by atoms with Gasteiger partial charge in [0.25, 0.3) is 5.56 Å². The largest absolute Gasteiger partial charge is 0.344 e. The fourth-order valence-electron chi connectivity index (χ4n) is 2.83. The molecule has 4 aromatic rings. The van der Waals surface area contributed by atoms with Gasteiger partial charge >= 0.3 is 0 Å². The maximum Gasteiger partial charge on any atom is 0.258 e. The molecule has 3 aromatic heterocycles. The summed E-state index contributed by atoms with van der Waals surface area (Å²) in [5.74, 6) is 0.785. The van der Waals surface area contributed by atoms with Crippen LogP contribution in [-0.2, 0) is 10.5 Å². The lowest BCUT2D eigenvalue weighted by Crippen LogP contribution is -2.30. The molecule has 3 heterocycles. The number of nitrogens with one attached hydrogen (secondary N) is 1. The summed E-state index contributed by atoms with van der Waals surface area (Å²) in [5.41, 5.74) is 1.66. The van der Waals surface area contributed by atoms with Crippen molar-refractivity contribution in [3.8, 4) is 0 Å². The molecule has 0 saturated heterocycles. The predicted molar refractivity (Wildman–Crippen MR) is 116 cm³/mol. The topological polar surface area (TPSA) is 63.5 Å². The van der Waals surface area contributed by atoms with Crippen LogP contribution < -0.4 is 10.9 Å². The first-order chi connectivity index (χ1) is 13.7. The van der Waals surface area contributed by atoms with Gasteiger partial charge in [0, 0.05) is 28.3 Å². The van der Waals surface area contributed by atoms with Crippen LogP contribution in [0.1, 0.15) is 22.2 Å². The molecule has 0 radical (unpaired) electrons. The number of fused-ring (bicyclic) bond motifs is 1. The van der Waals surface area contributed by atoms with E-state index in [1.54, 1.807) is 17.5 Å². The molecule has 4 rings (SSSR count). The first-order valence-electron chi connectivity index (χ1n) is 8.62. The number of hydrogen-bond acceptors (Lipinski definition) is 6. The van der Waals surface area contributed by atoms with Gasteiger partial charge in [0.05, 0.1) is 17.5 Å². The van der Waals surface area contributed by atoms with Crippen molar-refractivity contribution in [2.24, 2.45) is 0 Å². The first-order valence-corrected chi connectivity index (χ1v) is 11.5. The van der Waals surface area contributed by atoms with Crippen molar-refractivity contribution in [1.29, 1.82) is 0 Å². The molecule has 1 N–H and O–H groups in total. The minimum absolute atomic E-state index is 0.0406. The molecule has 0 saturated carbocycles. The summed E-state index contributed by atoms with van der Waals surface area (Å²) < 4.78 is 1.52. The van der Waals surface area contributed by atoms with Gasteiger partial charge in [0.2, 0.25) is 5.91 Å². The second kappa shape index (κ2) is 8.72. The highest BCUT2D eigenvalue weighted by molar-refractivity contribution is 7.99. The molecule has 28 heavy (non-hydrogen) atoms. The number of nitrogens with zero attached hydrogens (tertiary/aromatic N) is 2. The van der Waals surface area contributed by atoms with E-state index in [0.717, 1.165) is 10.4 Å². The third-order valence-electron chi connectivity index (χ3n) is 4.11. The summed E-state index contributed by atoms with van der Waals surface area (Å²) in [5, 5.41) is 6.97. The molecule has 142 valence electrons. The van der Waals surface area contributed by atoms with Crippen LogP contribution in [0.2, 0.25) is 0 Å². The van der Waals surface area contributed by atoms with Gasteiger partial charge in [-0.2, -0.15) is 0 Å². The molecule has 1 atom stereocenters. The zero-order chi connectivity index (χ0) is 19.3. The van der Waals surface area contributed by atoms with Gasteiger partial charge in [-0.05, 0) is 17.0 Å². The van der Waals surface area contributed by atoms with Gasteiger partial charge in [-0.25, -0.2) is 4.98 Å². The third kappa shape index (κ3) is 4.35. The quantitative estimate of drug-likeness (QED) is 0.485. The van der Waals surface area contributed by atoms with Crippen LogP contribution in [-0.4, -0.2) is 21.0 Å². The van der Waals surface area contributed by atoms with Gasteiger partial charge in [0.1, 0.15) is 0 Å². The molecule has 0 aliphatic heterocycles. The number of thiophene rings is 1. The van der Waals surface area contributed by atoms with E-state index in [1.165, 1.54) is 33.6 Å². The number of rotatable bonds is 7. The molecule has 0 spiro atoms. The van der Waals surface area contributed by atoms with Crippen molar-refractivity contribution in [1.82, 2.24) is 14.7 Å². The Morgan fingerprint density at radius 3 is 2.79 bits per heavy atom. The average molecular weight is 428 g/mol. The lowest BCUT2D eigenvalue weighted by Gasteiger charge is -2.18. The van der Waals surface area contributed by atoms with Crippen LogP contribution in [0.15, 0.2) is 70.3 Å². The van der Waals surface area contributed by atoms with Gasteiger partial charge in [-0.3, -0.25) is 14.0 Å². The van der Waals surface area contributed by atoms with Gasteiger partial charge in [-0.15, -0.1) is 34.4 Å². The van der Waals surface area contributed by atoms with Crippen molar-refractivity contribution in [3.05, 3.63) is 92.0 Å². The second-order valence-electron chi connectivity index (χ2n) is 6.06. The lowest BCUT2D eigenvalue weighted by atomic mass is 10.1. The van der Waals surface area contributed by atoms with Crippen molar-refractivity contribution in [2.75, 3.05) is 5.75 Å². The Morgan fingerprint density at radius 1 is 1.14 bits per heavy atom. The molecule has 5 nitrogen and oxygen atoms in total. The fraction of sp³-hybridized carbons (Fsp3) is 0.150.